The first-order chi connectivity index (χ1) is 7.25. The number of nitrogens with zero attached hydrogens (tertiary/aromatic N) is 2. The van der Waals surface area contributed by atoms with E-state index < -0.39 is 0 Å². The van der Waals surface area contributed by atoms with Crippen LogP contribution in [0.3, 0.4) is 0 Å². The maximum Gasteiger partial charge on any atom is 0.0315 e. The van der Waals surface area contributed by atoms with Crippen LogP contribution in [0.15, 0.2) is 24.5 Å². The second-order valence-corrected chi connectivity index (χ2v) is 4.42. The third-order valence-electron chi connectivity index (χ3n) is 3.06. The number of aromatic nitrogens is 1. The minimum Gasteiger partial charge on any atom is -0.306 e. The molecule has 15 heavy (non-hydrogen) atoms. The molecule has 2 heterocycles. The van der Waals surface area contributed by atoms with Crippen molar-refractivity contribution >= 4 is 0 Å². The van der Waals surface area contributed by atoms with Crippen molar-refractivity contribution < 1.29 is 0 Å². The van der Waals surface area contributed by atoms with Crippen LogP contribution in [-0.2, 0) is 0 Å². The highest BCUT2D eigenvalue weighted by atomic mass is 15.2. The maximum atomic E-state index is 4.14. The van der Waals surface area contributed by atoms with E-state index in [0.29, 0.717) is 12.1 Å². The summed E-state index contributed by atoms with van der Waals surface area (Å²) in [4.78, 5) is 6.51. The van der Waals surface area contributed by atoms with E-state index in [1.54, 1.807) is 0 Å². The molecule has 0 spiro atoms. The highest BCUT2D eigenvalue weighted by molar-refractivity contribution is 5.13. The Morgan fingerprint density at radius 3 is 3.07 bits per heavy atom. The van der Waals surface area contributed by atoms with Gasteiger partial charge in [0, 0.05) is 31.0 Å². The SMILES string of the molecule is C[C@@H](N[C@@H]1CCN(C)C1)c1cccnc1. The molecule has 0 unspecified atom stereocenters. The lowest BCUT2D eigenvalue weighted by molar-refractivity contribution is 0.387. The van der Waals surface area contributed by atoms with Gasteiger partial charge in [0.15, 0.2) is 0 Å². The van der Waals surface area contributed by atoms with E-state index >= 15 is 0 Å². The van der Waals surface area contributed by atoms with Crippen molar-refractivity contribution in [1.82, 2.24) is 15.2 Å². The highest BCUT2D eigenvalue weighted by Gasteiger charge is 2.20. The topological polar surface area (TPSA) is 28.2 Å². The first kappa shape index (κ1) is 10.6. The summed E-state index contributed by atoms with van der Waals surface area (Å²) in [5, 5.41) is 3.64. The van der Waals surface area contributed by atoms with Crippen LogP contribution in [0.2, 0.25) is 0 Å². The Morgan fingerprint density at radius 2 is 2.47 bits per heavy atom. The Morgan fingerprint density at radius 1 is 1.60 bits per heavy atom. The van der Waals surface area contributed by atoms with Gasteiger partial charge in [0.1, 0.15) is 0 Å². The van der Waals surface area contributed by atoms with Crippen LogP contribution in [0.25, 0.3) is 0 Å². The zero-order valence-electron chi connectivity index (χ0n) is 9.48. The van der Waals surface area contributed by atoms with E-state index in [0.717, 1.165) is 6.54 Å². The fourth-order valence-electron chi connectivity index (χ4n) is 2.15. The largest absolute Gasteiger partial charge is 0.306 e. The lowest BCUT2D eigenvalue weighted by atomic mass is 10.1. The summed E-state index contributed by atoms with van der Waals surface area (Å²) in [7, 11) is 2.18. The third-order valence-corrected chi connectivity index (χ3v) is 3.06. The van der Waals surface area contributed by atoms with Crippen LogP contribution in [0.4, 0.5) is 0 Å². The van der Waals surface area contributed by atoms with Gasteiger partial charge in [-0.25, -0.2) is 0 Å². The molecule has 0 aliphatic carbocycles. The summed E-state index contributed by atoms with van der Waals surface area (Å²) in [5.41, 5.74) is 1.27. The van der Waals surface area contributed by atoms with Crippen molar-refractivity contribution in [3.8, 4) is 0 Å². The van der Waals surface area contributed by atoms with E-state index in [-0.39, 0.29) is 0 Å². The lowest BCUT2D eigenvalue weighted by Gasteiger charge is -2.19. The molecule has 1 aliphatic rings. The van der Waals surface area contributed by atoms with Gasteiger partial charge in [0.05, 0.1) is 0 Å². The van der Waals surface area contributed by atoms with E-state index in [1.165, 1.54) is 18.5 Å². The smallest absolute Gasteiger partial charge is 0.0315 e. The fraction of sp³-hybridized carbons (Fsp3) is 0.583. The zero-order chi connectivity index (χ0) is 10.7. The first-order valence-electron chi connectivity index (χ1n) is 5.60. The van der Waals surface area contributed by atoms with Crippen molar-refractivity contribution in [3.63, 3.8) is 0 Å². The molecule has 0 radical (unpaired) electrons. The standard InChI is InChI=1S/C12H19N3/c1-10(11-4-3-6-13-8-11)14-12-5-7-15(2)9-12/h3-4,6,8,10,12,14H,5,7,9H2,1-2H3/t10-,12-/m1/s1. The van der Waals surface area contributed by atoms with Gasteiger partial charge in [0.2, 0.25) is 0 Å². The second-order valence-electron chi connectivity index (χ2n) is 4.42. The molecular weight excluding hydrogens is 186 g/mol. The fourth-order valence-corrected chi connectivity index (χ4v) is 2.15. The molecule has 3 nitrogen and oxygen atoms in total. The average Bonchev–Trinajstić information content (AvgIpc) is 2.65. The number of likely N-dealkylation sites (N-methyl/N-ethyl adjacent to an activating group) is 1. The van der Waals surface area contributed by atoms with Gasteiger partial charge >= 0.3 is 0 Å². The summed E-state index contributed by atoms with van der Waals surface area (Å²) >= 11 is 0. The van der Waals surface area contributed by atoms with Crippen LogP contribution in [-0.4, -0.2) is 36.1 Å². The first-order valence-corrected chi connectivity index (χ1v) is 5.60. The molecule has 82 valence electrons. The molecule has 2 rings (SSSR count). The van der Waals surface area contributed by atoms with Crippen molar-refractivity contribution in [1.29, 1.82) is 0 Å². The second kappa shape index (κ2) is 4.73. The Labute approximate surface area is 91.5 Å². The minimum absolute atomic E-state index is 0.398. The van der Waals surface area contributed by atoms with Gasteiger partial charge in [-0.15, -0.1) is 0 Å². The molecule has 0 amide bonds. The predicted octanol–water partition coefficient (Wildman–Crippen LogP) is 1.44. The normalized spacial score (nSPS) is 24.3. The van der Waals surface area contributed by atoms with Gasteiger partial charge in [-0.3, -0.25) is 4.98 Å². The van der Waals surface area contributed by atoms with Gasteiger partial charge in [-0.05, 0) is 38.6 Å². The van der Waals surface area contributed by atoms with Gasteiger partial charge in [0.25, 0.3) is 0 Å². The van der Waals surface area contributed by atoms with Crippen LogP contribution >= 0.6 is 0 Å². The summed E-state index contributed by atoms with van der Waals surface area (Å²) in [6.07, 6.45) is 5.01. The van der Waals surface area contributed by atoms with E-state index in [1.807, 2.05) is 18.5 Å². The molecule has 1 fully saturated rings. The van der Waals surface area contributed by atoms with E-state index in [2.05, 4.69) is 35.2 Å². The Bertz CT molecular complexity index is 299. The van der Waals surface area contributed by atoms with Gasteiger partial charge < -0.3 is 10.2 Å². The molecule has 0 aromatic carbocycles. The number of rotatable bonds is 3. The monoisotopic (exact) mass is 205 g/mol. The Balaban J connectivity index is 1.90. The van der Waals surface area contributed by atoms with Crippen molar-refractivity contribution in [2.45, 2.75) is 25.4 Å². The van der Waals surface area contributed by atoms with Crippen LogP contribution in [0.5, 0.6) is 0 Å². The van der Waals surface area contributed by atoms with Crippen molar-refractivity contribution in [3.05, 3.63) is 30.1 Å². The quantitative estimate of drug-likeness (QED) is 0.809. The number of nitrogens with one attached hydrogen (secondary N) is 1. The molecule has 1 aromatic rings. The third kappa shape index (κ3) is 2.76. The summed E-state index contributed by atoms with van der Waals surface area (Å²) in [5.74, 6) is 0. The molecular formula is C12H19N3. The number of hydrogen-bond acceptors (Lipinski definition) is 3. The predicted molar refractivity (Wildman–Crippen MR) is 61.7 cm³/mol. The van der Waals surface area contributed by atoms with Crippen LogP contribution in [0, 0.1) is 0 Å². The van der Waals surface area contributed by atoms with E-state index in [4.69, 9.17) is 0 Å². The molecule has 1 N–H and O–H groups in total. The zero-order valence-corrected chi connectivity index (χ0v) is 9.48. The maximum absolute atomic E-state index is 4.14. The highest BCUT2D eigenvalue weighted by Crippen LogP contribution is 2.14. The molecule has 1 aliphatic heterocycles. The summed E-state index contributed by atoms with van der Waals surface area (Å²) < 4.78 is 0. The molecule has 1 saturated heterocycles. The minimum atomic E-state index is 0.398. The molecule has 3 heteroatoms. The average molecular weight is 205 g/mol. The van der Waals surface area contributed by atoms with Crippen molar-refractivity contribution in [2.24, 2.45) is 0 Å². The van der Waals surface area contributed by atoms with Crippen molar-refractivity contribution in [2.75, 3.05) is 20.1 Å². The molecule has 1 aromatic heterocycles. The summed E-state index contributed by atoms with van der Waals surface area (Å²) in [6, 6.07) is 5.15. The Kier molecular flexibility index (Phi) is 3.34. The Hall–Kier alpha value is -0.930. The molecule has 2 atom stereocenters. The molecule has 0 bridgehead atoms. The van der Waals surface area contributed by atoms with Gasteiger partial charge in [-0.2, -0.15) is 0 Å². The number of pyridine rings is 1. The molecule has 0 saturated carbocycles. The van der Waals surface area contributed by atoms with Crippen LogP contribution in [0.1, 0.15) is 24.9 Å². The lowest BCUT2D eigenvalue weighted by Crippen LogP contribution is -2.33. The van der Waals surface area contributed by atoms with Gasteiger partial charge in [-0.1, -0.05) is 6.07 Å². The van der Waals surface area contributed by atoms with Crippen LogP contribution < -0.4 is 5.32 Å². The number of hydrogen-bond donors (Lipinski definition) is 1. The van der Waals surface area contributed by atoms with E-state index in [9.17, 15) is 0 Å². The number of likely N-dealkylation sites (tertiary alicyclic amines) is 1. The summed E-state index contributed by atoms with van der Waals surface area (Å²) in [6.45, 7) is 4.57.